The molecule has 2 aromatic carbocycles. The highest BCUT2D eigenvalue weighted by atomic mass is 16.5. The van der Waals surface area contributed by atoms with Crippen molar-refractivity contribution in [2.45, 2.75) is 13.8 Å². The molecule has 0 saturated carbocycles. The summed E-state index contributed by atoms with van der Waals surface area (Å²) < 4.78 is 7.61. The Hall–Kier alpha value is -2.49. The van der Waals surface area contributed by atoms with Gasteiger partial charge in [0.2, 0.25) is 0 Å². The van der Waals surface area contributed by atoms with Crippen molar-refractivity contribution >= 4 is 16.7 Å². The van der Waals surface area contributed by atoms with Gasteiger partial charge in [0.15, 0.2) is 0 Å². The van der Waals surface area contributed by atoms with E-state index in [0.29, 0.717) is 6.61 Å². The number of hydrogen-bond donors (Lipinski definition) is 1. The Morgan fingerprint density at radius 2 is 2.00 bits per heavy atom. The number of imidazole rings is 1. The second-order valence-corrected chi connectivity index (χ2v) is 5.15. The number of anilines is 1. The van der Waals surface area contributed by atoms with E-state index in [9.17, 15) is 0 Å². The van der Waals surface area contributed by atoms with E-state index in [1.807, 2.05) is 51.2 Å². The zero-order valence-corrected chi connectivity index (χ0v) is 12.6. The van der Waals surface area contributed by atoms with Gasteiger partial charge < -0.3 is 15.0 Å². The molecule has 0 amide bonds. The molecule has 1 heterocycles. The Balaban J connectivity index is 2.14. The van der Waals surface area contributed by atoms with Gasteiger partial charge in [-0.15, -0.1) is 0 Å². The van der Waals surface area contributed by atoms with Crippen LogP contribution in [0.25, 0.3) is 22.4 Å². The van der Waals surface area contributed by atoms with Crippen LogP contribution in [0.4, 0.5) is 5.69 Å². The highest BCUT2D eigenvalue weighted by Gasteiger charge is 2.11. The lowest BCUT2D eigenvalue weighted by Gasteiger charge is -2.05. The maximum Gasteiger partial charge on any atom is 0.140 e. The lowest BCUT2D eigenvalue weighted by Crippen LogP contribution is -1.95. The second kappa shape index (κ2) is 5.13. The van der Waals surface area contributed by atoms with Crippen molar-refractivity contribution in [1.82, 2.24) is 9.55 Å². The van der Waals surface area contributed by atoms with E-state index in [0.717, 1.165) is 39.4 Å². The molecule has 3 rings (SSSR count). The molecule has 1 aromatic heterocycles. The van der Waals surface area contributed by atoms with Crippen molar-refractivity contribution < 1.29 is 4.74 Å². The van der Waals surface area contributed by atoms with E-state index < -0.39 is 0 Å². The van der Waals surface area contributed by atoms with Crippen molar-refractivity contribution in [3.8, 4) is 17.1 Å². The molecule has 21 heavy (non-hydrogen) atoms. The maximum atomic E-state index is 6.01. The second-order valence-electron chi connectivity index (χ2n) is 5.15. The summed E-state index contributed by atoms with van der Waals surface area (Å²) in [5, 5.41) is 0. The Morgan fingerprint density at radius 3 is 2.71 bits per heavy atom. The van der Waals surface area contributed by atoms with Crippen LogP contribution in [-0.2, 0) is 7.05 Å². The molecule has 0 aliphatic heterocycles. The zero-order chi connectivity index (χ0) is 15.0. The van der Waals surface area contributed by atoms with Gasteiger partial charge >= 0.3 is 0 Å². The number of nitrogen functional groups attached to an aromatic ring is 1. The Bertz CT molecular complexity index is 805. The minimum atomic E-state index is 0.652. The highest BCUT2D eigenvalue weighted by Crippen LogP contribution is 2.28. The third-order valence-electron chi connectivity index (χ3n) is 3.70. The van der Waals surface area contributed by atoms with Crippen molar-refractivity contribution in [2.75, 3.05) is 12.3 Å². The number of ether oxygens (including phenoxy) is 1. The maximum absolute atomic E-state index is 6.01. The van der Waals surface area contributed by atoms with Crippen LogP contribution >= 0.6 is 0 Å². The first-order chi connectivity index (χ1) is 10.1. The predicted octanol–water partition coefficient (Wildman–Crippen LogP) is 3.53. The fourth-order valence-corrected chi connectivity index (χ4v) is 2.47. The zero-order valence-electron chi connectivity index (χ0n) is 12.6. The largest absolute Gasteiger partial charge is 0.494 e. The molecule has 0 atom stereocenters. The van der Waals surface area contributed by atoms with Gasteiger partial charge in [-0.25, -0.2) is 4.98 Å². The van der Waals surface area contributed by atoms with Crippen LogP contribution in [0.5, 0.6) is 5.75 Å². The van der Waals surface area contributed by atoms with Crippen LogP contribution in [0.1, 0.15) is 12.5 Å². The molecule has 4 heteroatoms. The number of hydrogen-bond acceptors (Lipinski definition) is 3. The fourth-order valence-electron chi connectivity index (χ4n) is 2.47. The standard InChI is InChI=1S/C17H19N3O/c1-4-21-13-7-8-16-15(10-13)19-17(20(16)3)12-6-5-11(2)14(18)9-12/h5-10H,4,18H2,1-3H3. The summed E-state index contributed by atoms with van der Waals surface area (Å²) in [6.07, 6.45) is 0. The highest BCUT2D eigenvalue weighted by molar-refractivity contribution is 5.82. The third-order valence-corrected chi connectivity index (χ3v) is 3.70. The van der Waals surface area contributed by atoms with Gasteiger partial charge in [0.25, 0.3) is 0 Å². The van der Waals surface area contributed by atoms with Crippen LogP contribution in [0, 0.1) is 6.92 Å². The Labute approximate surface area is 124 Å². The lowest BCUT2D eigenvalue weighted by molar-refractivity contribution is 0.340. The van der Waals surface area contributed by atoms with Crippen molar-refractivity contribution in [2.24, 2.45) is 7.05 Å². The molecule has 0 bridgehead atoms. The van der Waals surface area contributed by atoms with Crippen molar-refractivity contribution in [1.29, 1.82) is 0 Å². The van der Waals surface area contributed by atoms with Gasteiger partial charge in [0, 0.05) is 24.4 Å². The van der Waals surface area contributed by atoms with Crippen LogP contribution < -0.4 is 10.5 Å². The van der Waals surface area contributed by atoms with Crippen LogP contribution in [0.2, 0.25) is 0 Å². The molecule has 108 valence electrons. The van der Waals surface area contributed by atoms with Gasteiger partial charge in [-0.2, -0.15) is 0 Å². The average molecular weight is 281 g/mol. The van der Waals surface area contributed by atoms with Gasteiger partial charge in [-0.1, -0.05) is 12.1 Å². The fraction of sp³-hybridized carbons (Fsp3) is 0.235. The SMILES string of the molecule is CCOc1ccc2c(c1)nc(-c1ccc(C)c(N)c1)n2C. The number of nitrogens with two attached hydrogens (primary N) is 1. The summed E-state index contributed by atoms with van der Waals surface area (Å²) in [7, 11) is 2.01. The summed E-state index contributed by atoms with van der Waals surface area (Å²) in [6, 6.07) is 12.0. The van der Waals surface area contributed by atoms with Gasteiger partial charge in [-0.05, 0) is 37.6 Å². The van der Waals surface area contributed by atoms with Crippen LogP contribution in [0.3, 0.4) is 0 Å². The summed E-state index contributed by atoms with van der Waals surface area (Å²) in [5.74, 6) is 1.75. The molecule has 0 fully saturated rings. The predicted molar refractivity (Wildman–Crippen MR) is 86.5 cm³/mol. The molecule has 0 unspecified atom stereocenters. The van der Waals surface area contributed by atoms with Crippen molar-refractivity contribution in [3.05, 3.63) is 42.0 Å². The molecule has 0 spiro atoms. The van der Waals surface area contributed by atoms with Crippen LogP contribution in [0.15, 0.2) is 36.4 Å². The summed E-state index contributed by atoms with van der Waals surface area (Å²) >= 11 is 0. The van der Waals surface area contributed by atoms with E-state index in [1.54, 1.807) is 0 Å². The number of nitrogens with zero attached hydrogens (tertiary/aromatic N) is 2. The van der Waals surface area contributed by atoms with E-state index in [-0.39, 0.29) is 0 Å². The Kier molecular flexibility index (Phi) is 3.29. The average Bonchev–Trinajstić information content (AvgIpc) is 2.79. The smallest absolute Gasteiger partial charge is 0.140 e. The first-order valence-electron chi connectivity index (χ1n) is 7.06. The van der Waals surface area contributed by atoms with E-state index in [1.165, 1.54) is 0 Å². The molecular formula is C17H19N3O. The van der Waals surface area contributed by atoms with Gasteiger partial charge in [0.05, 0.1) is 17.6 Å². The van der Waals surface area contributed by atoms with Gasteiger partial charge in [-0.3, -0.25) is 0 Å². The third kappa shape index (κ3) is 2.33. The summed E-state index contributed by atoms with van der Waals surface area (Å²) in [4.78, 5) is 4.72. The molecule has 0 radical (unpaired) electrons. The molecule has 2 N–H and O–H groups in total. The first kappa shape index (κ1) is 13.5. The lowest BCUT2D eigenvalue weighted by atomic mass is 10.1. The normalized spacial score (nSPS) is 11.0. The number of aryl methyl sites for hydroxylation is 2. The topological polar surface area (TPSA) is 53.1 Å². The number of fused-ring (bicyclic) bond motifs is 1. The van der Waals surface area contributed by atoms with E-state index in [2.05, 4.69) is 10.6 Å². The minimum Gasteiger partial charge on any atom is -0.494 e. The number of rotatable bonds is 3. The molecule has 0 aliphatic rings. The molecule has 0 aliphatic carbocycles. The molecular weight excluding hydrogens is 262 g/mol. The molecule has 3 aromatic rings. The summed E-state index contributed by atoms with van der Waals surface area (Å²) in [6.45, 7) is 4.63. The summed E-state index contributed by atoms with van der Waals surface area (Å²) in [5.41, 5.74) is 10.9. The van der Waals surface area contributed by atoms with Gasteiger partial charge in [0.1, 0.15) is 11.6 Å². The molecule has 0 saturated heterocycles. The van der Waals surface area contributed by atoms with Crippen molar-refractivity contribution in [3.63, 3.8) is 0 Å². The number of aromatic nitrogens is 2. The molecule has 4 nitrogen and oxygen atoms in total. The minimum absolute atomic E-state index is 0.652. The van der Waals surface area contributed by atoms with Crippen LogP contribution in [-0.4, -0.2) is 16.2 Å². The Morgan fingerprint density at radius 1 is 1.19 bits per heavy atom. The van der Waals surface area contributed by atoms with E-state index in [4.69, 9.17) is 15.5 Å². The number of benzene rings is 2. The monoisotopic (exact) mass is 281 g/mol. The van der Waals surface area contributed by atoms with E-state index >= 15 is 0 Å². The first-order valence-corrected chi connectivity index (χ1v) is 7.06. The quantitative estimate of drug-likeness (QED) is 0.747.